The number of nitro groups is 1. The van der Waals surface area contributed by atoms with Crippen molar-refractivity contribution in [3.63, 3.8) is 0 Å². The van der Waals surface area contributed by atoms with Crippen molar-refractivity contribution >= 4 is 34.3 Å². The Morgan fingerprint density at radius 3 is 2.55 bits per heavy atom. The molecule has 4 aromatic rings. The summed E-state index contributed by atoms with van der Waals surface area (Å²) in [5, 5.41) is 13.9. The van der Waals surface area contributed by atoms with Gasteiger partial charge in [-0.05, 0) is 30.3 Å². The lowest BCUT2D eigenvalue weighted by atomic mass is 10.1. The van der Waals surface area contributed by atoms with Crippen molar-refractivity contribution in [2.75, 3.05) is 12.4 Å². The third-order valence-corrected chi connectivity index (χ3v) is 4.60. The average Bonchev–Trinajstić information content (AvgIpc) is 3.22. The molecule has 1 heterocycles. The number of aromatic amines is 1. The Bertz CT molecular complexity index is 1300. The number of nitrogens with one attached hydrogen (secondary N) is 2. The summed E-state index contributed by atoms with van der Waals surface area (Å²) in [6, 6.07) is 18.0. The molecule has 0 spiro atoms. The molecule has 0 aliphatic rings. The Labute approximate surface area is 175 Å². The molecule has 0 fully saturated rings. The summed E-state index contributed by atoms with van der Waals surface area (Å²) in [7, 11) is 1.16. The van der Waals surface area contributed by atoms with E-state index < -0.39 is 16.8 Å². The van der Waals surface area contributed by atoms with Crippen LogP contribution in [0, 0.1) is 10.1 Å². The first kappa shape index (κ1) is 19.8. The number of carbonyl (C=O) groups excluding carboxylic acids is 2. The molecule has 4 rings (SSSR count). The normalized spacial score (nSPS) is 10.6. The summed E-state index contributed by atoms with van der Waals surface area (Å²) < 4.78 is 4.61. The number of non-ortho nitro benzene ring substituents is 1. The van der Waals surface area contributed by atoms with Crippen molar-refractivity contribution in [1.29, 1.82) is 0 Å². The monoisotopic (exact) mass is 416 g/mol. The number of nitro benzene ring substituents is 1. The van der Waals surface area contributed by atoms with E-state index in [9.17, 15) is 19.7 Å². The first-order valence-corrected chi connectivity index (χ1v) is 9.19. The number of imidazole rings is 1. The highest BCUT2D eigenvalue weighted by Crippen LogP contribution is 2.24. The fourth-order valence-corrected chi connectivity index (χ4v) is 3.12. The standard InChI is InChI=1S/C22H16N4O5/c1-31-22(28)15-9-14(11-17(12-15)26(29)30)21(27)23-16-6-4-5-13(10-16)20-24-18-7-2-3-8-19(18)25-20/h2-12H,1H3,(H,23,27)(H,24,25). The van der Waals surface area contributed by atoms with Gasteiger partial charge < -0.3 is 15.0 Å². The van der Waals surface area contributed by atoms with Gasteiger partial charge in [-0.2, -0.15) is 0 Å². The number of para-hydroxylation sites is 2. The van der Waals surface area contributed by atoms with E-state index in [1.54, 1.807) is 18.2 Å². The van der Waals surface area contributed by atoms with Gasteiger partial charge in [-0.25, -0.2) is 9.78 Å². The first-order valence-electron chi connectivity index (χ1n) is 9.19. The highest BCUT2D eigenvalue weighted by atomic mass is 16.6. The predicted octanol–water partition coefficient (Wildman–Crippen LogP) is 4.18. The molecule has 1 aromatic heterocycles. The second-order valence-corrected chi connectivity index (χ2v) is 6.65. The minimum Gasteiger partial charge on any atom is -0.465 e. The Kier molecular flexibility index (Phi) is 5.15. The molecule has 1 amide bonds. The minimum atomic E-state index is -0.773. The van der Waals surface area contributed by atoms with Crippen molar-refractivity contribution in [2.45, 2.75) is 0 Å². The number of rotatable bonds is 5. The van der Waals surface area contributed by atoms with E-state index in [0.717, 1.165) is 35.8 Å². The second kappa shape index (κ2) is 8.07. The summed E-state index contributed by atoms with van der Waals surface area (Å²) in [4.78, 5) is 42.8. The molecular weight excluding hydrogens is 400 g/mol. The highest BCUT2D eigenvalue weighted by Gasteiger charge is 2.18. The molecule has 0 aliphatic carbocycles. The van der Waals surface area contributed by atoms with E-state index in [2.05, 4.69) is 20.0 Å². The van der Waals surface area contributed by atoms with E-state index >= 15 is 0 Å². The number of hydrogen-bond acceptors (Lipinski definition) is 6. The lowest BCUT2D eigenvalue weighted by Crippen LogP contribution is -2.14. The molecule has 154 valence electrons. The van der Waals surface area contributed by atoms with Gasteiger partial charge in [0.2, 0.25) is 0 Å². The Balaban J connectivity index is 1.63. The number of H-pyrrole nitrogens is 1. The van der Waals surface area contributed by atoms with Gasteiger partial charge in [0, 0.05) is 28.9 Å². The van der Waals surface area contributed by atoms with Crippen LogP contribution in [0.2, 0.25) is 0 Å². The number of hydrogen-bond donors (Lipinski definition) is 2. The van der Waals surface area contributed by atoms with Crippen LogP contribution in [0.4, 0.5) is 11.4 Å². The van der Waals surface area contributed by atoms with Gasteiger partial charge in [-0.15, -0.1) is 0 Å². The van der Waals surface area contributed by atoms with E-state index in [1.165, 1.54) is 6.07 Å². The molecule has 0 saturated heterocycles. The minimum absolute atomic E-state index is 0.0382. The fraction of sp³-hybridized carbons (Fsp3) is 0.0455. The number of fused-ring (bicyclic) bond motifs is 1. The number of amides is 1. The number of esters is 1. The Hall–Kier alpha value is -4.53. The van der Waals surface area contributed by atoms with Crippen LogP contribution in [0.15, 0.2) is 66.7 Å². The number of ether oxygens (including phenoxy) is 1. The average molecular weight is 416 g/mol. The largest absolute Gasteiger partial charge is 0.465 e. The van der Waals surface area contributed by atoms with Crippen LogP contribution in [0.25, 0.3) is 22.4 Å². The lowest BCUT2D eigenvalue weighted by Gasteiger charge is -2.08. The second-order valence-electron chi connectivity index (χ2n) is 6.65. The maximum atomic E-state index is 12.7. The van der Waals surface area contributed by atoms with Crippen LogP contribution in [0.3, 0.4) is 0 Å². The molecule has 31 heavy (non-hydrogen) atoms. The molecule has 0 saturated carbocycles. The fourth-order valence-electron chi connectivity index (χ4n) is 3.12. The predicted molar refractivity (Wildman–Crippen MR) is 114 cm³/mol. The Morgan fingerprint density at radius 1 is 1.03 bits per heavy atom. The lowest BCUT2D eigenvalue weighted by molar-refractivity contribution is -0.384. The zero-order chi connectivity index (χ0) is 22.0. The van der Waals surface area contributed by atoms with Crippen molar-refractivity contribution < 1.29 is 19.2 Å². The molecule has 0 bridgehead atoms. The summed E-state index contributed by atoms with van der Waals surface area (Å²) >= 11 is 0. The van der Waals surface area contributed by atoms with Crippen LogP contribution in [-0.4, -0.2) is 33.9 Å². The number of carbonyl (C=O) groups is 2. The zero-order valence-corrected chi connectivity index (χ0v) is 16.3. The summed E-state index contributed by atoms with van der Waals surface area (Å²) in [6.45, 7) is 0. The first-order chi connectivity index (χ1) is 14.9. The topological polar surface area (TPSA) is 127 Å². The highest BCUT2D eigenvalue weighted by molar-refractivity contribution is 6.06. The molecule has 9 nitrogen and oxygen atoms in total. The number of aromatic nitrogens is 2. The van der Waals surface area contributed by atoms with Gasteiger partial charge in [-0.3, -0.25) is 14.9 Å². The third-order valence-electron chi connectivity index (χ3n) is 4.60. The van der Waals surface area contributed by atoms with Crippen molar-refractivity contribution in [2.24, 2.45) is 0 Å². The summed E-state index contributed by atoms with van der Waals surface area (Å²) in [5.41, 5.74) is 2.42. The van der Waals surface area contributed by atoms with Crippen LogP contribution in [0.1, 0.15) is 20.7 Å². The smallest absolute Gasteiger partial charge is 0.338 e. The van der Waals surface area contributed by atoms with E-state index in [-0.39, 0.29) is 16.8 Å². The van der Waals surface area contributed by atoms with Gasteiger partial charge in [0.1, 0.15) is 5.82 Å². The zero-order valence-electron chi connectivity index (χ0n) is 16.3. The van der Waals surface area contributed by atoms with Gasteiger partial charge in [0.25, 0.3) is 11.6 Å². The van der Waals surface area contributed by atoms with Crippen LogP contribution in [-0.2, 0) is 4.74 Å². The van der Waals surface area contributed by atoms with Crippen LogP contribution < -0.4 is 5.32 Å². The molecule has 0 atom stereocenters. The van der Waals surface area contributed by atoms with E-state index in [4.69, 9.17) is 0 Å². The van der Waals surface area contributed by atoms with Gasteiger partial charge in [-0.1, -0.05) is 24.3 Å². The third kappa shape index (κ3) is 4.10. The number of benzene rings is 3. The van der Waals surface area contributed by atoms with Gasteiger partial charge >= 0.3 is 5.97 Å². The number of anilines is 1. The van der Waals surface area contributed by atoms with Crippen molar-refractivity contribution in [3.05, 3.63) is 88.0 Å². The van der Waals surface area contributed by atoms with Crippen molar-refractivity contribution in [3.8, 4) is 11.4 Å². The maximum absolute atomic E-state index is 12.7. The summed E-state index contributed by atoms with van der Waals surface area (Å²) in [5.74, 6) is -0.735. The van der Waals surface area contributed by atoms with Gasteiger partial charge in [0.05, 0.1) is 28.6 Å². The van der Waals surface area contributed by atoms with Crippen LogP contribution in [0.5, 0.6) is 0 Å². The Morgan fingerprint density at radius 2 is 1.81 bits per heavy atom. The summed E-state index contributed by atoms with van der Waals surface area (Å²) in [6.07, 6.45) is 0. The molecule has 0 radical (unpaired) electrons. The van der Waals surface area contributed by atoms with Gasteiger partial charge in [0.15, 0.2) is 0 Å². The molecule has 2 N–H and O–H groups in total. The number of methoxy groups -OCH3 is 1. The van der Waals surface area contributed by atoms with E-state index in [1.807, 2.05) is 30.3 Å². The SMILES string of the molecule is COC(=O)c1cc(C(=O)Nc2cccc(-c3nc4ccccc4[nH]3)c2)cc([N+](=O)[O-])c1. The molecule has 3 aromatic carbocycles. The maximum Gasteiger partial charge on any atom is 0.338 e. The molecule has 0 aliphatic heterocycles. The van der Waals surface area contributed by atoms with E-state index in [0.29, 0.717) is 11.5 Å². The van der Waals surface area contributed by atoms with Crippen LogP contribution >= 0.6 is 0 Å². The number of nitrogens with zero attached hydrogens (tertiary/aromatic N) is 2. The molecular formula is C22H16N4O5. The quantitative estimate of drug-likeness (QED) is 0.285. The molecule has 0 unspecified atom stereocenters. The molecule has 9 heteroatoms. The van der Waals surface area contributed by atoms with Crippen molar-refractivity contribution in [1.82, 2.24) is 9.97 Å².